The molecule has 0 fully saturated rings. The fourth-order valence-electron chi connectivity index (χ4n) is 3.80. The van der Waals surface area contributed by atoms with E-state index in [1.165, 1.54) is 0 Å². The van der Waals surface area contributed by atoms with Crippen molar-refractivity contribution in [2.45, 2.75) is 33.9 Å². The minimum absolute atomic E-state index is 0.0161. The van der Waals surface area contributed by atoms with Crippen LogP contribution < -0.4 is 10.3 Å². The average molecular weight is 415 g/mol. The molecule has 0 bridgehead atoms. The van der Waals surface area contributed by atoms with Gasteiger partial charge in [-0.1, -0.05) is 36.4 Å². The van der Waals surface area contributed by atoms with Crippen LogP contribution >= 0.6 is 0 Å². The molecule has 0 N–H and O–H groups in total. The van der Waals surface area contributed by atoms with Crippen LogP contribution in [0.4, 0.5) is 0 Å². The maximum absolute atomic E-state index is 13.0. The highest BCUT2D eigenvalue weighted by atomic mass is 16.5. The van der Waals surface area contributed by atoms with Gasteiger partial charge in [0.25, 0.3) is 5.56 Å². The van der Waals surface area contributed by atoms with E-state index in [-0.39, 0.29) is 11.3 Å². The molecule has 4 aromatic rings. The Balaban J connectivity index is 1.61. The first-order valence-electron chi connectivity index (χ1n) is 10.4. The number of carbonyl (C=O) groups excluding carboxylic acids is 1. The minimum Gasteiger partial charge on any atom is -0.493 e. The maximum Gasteiger partial charge on any atom is 0.263 e. The first-order valence-corrected chi connectivity index (χ1v) is 10.4. The molecule has 6 heteroatoms. The summed E-state index contributed by atoms with van der Waals surface area (Å²) >= 11 is 0. The van der Waals surface area contributed by atoms with Crippen LogP contribution in [0.15, 0.2) is 65.8 Å². The van der Waals surface area contributed by atoms with E-state index in [2.05, 4.69) is 4.98 Å². The molecule has 4 rings (SSSR count). The molecule has 0 saturated heterocycles. The summed E-state index contributed by atoms with van der Waals surface area (Å²) in [5.74, 6) is 0.525. The lowest BCUT2D eigenvalue weighted by Gasteiger charge is -2.10. The van der Waals surface area contributed by atoms with Gasteiger partial charge in [0.2, 0.25) is 0 Å². The van der Waals surface area contributed by atoms with Crippen molar-refractivity contribution in [2.75, 3.05) is 6.61 Å². The summed E-state index contributed by atoms with van der Waals surface area (Å²) in [6.07, 6.45) is 3.55. The van der Waals surface area contributed by atoms with Crippen molar-refractivity contribution in [3.8, 4) is 5.75 Å². The summed E-state index contributed by atoms with van der Waals surface area (Å²) in [5.41, 5.74) is 3.76. The second-order valence-electron chi connectivity index (χ2n) is 7.43. The third kappa shape index (κ3) is 3.89. The summed E-state index contributed by atoms with van der Waals surface area (Å²) < 4.78 is 9.18. The van der Waals surface area contributed by atoms with Gasteiger partial charge in [0.1, 0.15) is 11.4 Å². The van der Waals surface area contributed by atoms with Crippen LogP contribution in [0.25, 0.3) is 11.0 Å². The third-order valence-corrected chi connectivity index (χ3v) is 5.37. The third-order valence-electron chi connectivity index (χ3n) is 5.37. The van der Waals surface area contributed by atoms with Crippen LogP contribution in [0.5, 0.6) is 5.75 Å². The lowest BCUT2D eigenvalue weighted by Crippen LogP contribution is -2.20. The molecule has 0 amide bonds. The second-order valence-corrected chi connectivity index (χ2v) is 7.43. The normalized spacial score (nSPS) is 11.1. The molecule has 0 radical (unpaired) electrons. The lowest BCUT2D eigenvalue weighted by molar-refractivity contribution is 0.103. The van der Waals surface area contributed by atoms with Crippen molar-refractivity contribution in [3.63, 3.8) is 0 Å². The predicted molar refractivity (Wildman–Crippen MR) is 121 cm³/mol. The fraction of sp³-hybridized carbons (Fsp3) is 0.240. The van der Waals surface area contributed by atoms with Crippen LogP contribution in [0.2, 0.25) is 0 Å². The molecule has 158 valence electrons. The highest BCUT2D eigenvalue weighted by Gasteiger charge is 2.15. The summed E-state index contributed by atoms with van der Waals surface area (Å²) in [7, 11) is 0. The Morgan fingerprint density at radius 2 is 1.77 bits per heavy atom. The number of hydrogen-bond acceptors (Lipinski definition) is 4. The van der Waals surface area contributed by atoms with Crippen molar-refractivity contribution >= 4 is 16.8 Å². The van der Waals surface area contributed by atoms with E-state index in [0.29, 0.717) is 47.6 Å². The van der Waals surface area contributed by atoms with Crippen molar-refractivity contribution < 1.29 is 9.53 Å². The number of para-hydroxylation sites is 1. The Labute approximate surface area is 180 Å². The quantitative estimate of drug-likeness (QED) is 0.424. The molecule has 2 aromatic heterocycles. The van der Waals surface area contributed by atoms with Gasteiger partial charge in [-0.25, -0.2) is 4.98 Å². The first kappa shape index (κ1) is 20.6. The Morgan fingerprint density at radius 1 is 1.03 bits per heavy atom. The maximum atomic E-state index is 13.0. The van der Waals surface area contributed by atoms with Crippen LogP contribution in [-0.2, 0) is 13.1 Å². The molecule has 0 aliphatic carbocycles. The Bertz CT molecular complexity index is 1300. The second kappa shape index (κ2) is 8.60. The van der Waals surface area contributed by atoms with Gasteiger partial charge in [0.05, 0.1) is 23.9 Å². The molecule has 6 nitrogen and oxygen atoms in total. The molecule has 0 aliphatic rings. The molecule has 0 aliphatic heterocycles. The number of nitrogens with zero attached hydrogens (tertiary/aromatic N) is 3. The van der Waals surface area contributed by atoms with Crippen LogP contribution in [0, 0.1) is 6.92 Å². The topological polar surface area (TPSA) is 66.1 Å². The van der Waals surface area contributed by atoms with Crippen molar-refractivity contribution in [2.24, 2.45) is 0 Å². The smallest absolute Gasteiger partial charge is 0.263 e. The van der Waals surface area contributed by atoms with Crippen LogP contribution in [0.1, 0.15) is 40.9 Å². The van der Waals surface area contributed by atoms with E-state index in [9.17, 15) is 9.59 Å². The standard InChI is InChI=1S/C25H25N3O3/c1-4-27-16-26-24-22(25(27)30)17(3)14-28(24)15-18-10-12-19(13-11-18)23(29)20-8-6-7-9-21(20)31-5-2/h6-14,16H,4-5,15H2,1-3H3. The summed E-state index contributed by atoms with van der Waals surface area (Å²) in [5, 5.41) is 0.656. The van der Waals surface area contributed by atoms with E-state index in [4.69, 9.17) is 4.74 Å². The van der Waals surface area contributed by atoms with Crippen molar-refractivity contribution in [1.82, 2.24) is 14.1 Å². The Hall–Kier alpha value is -3.67. The number of aryl methyl sites for hydroxylation is 2. The van der Waals surface area contributed by atoms with Gasteiger partial charge in [0, 0.05) is 24.8 Å². The number of rotatable bonds is 7. The van der Waals surface area contributed by atoms with Gasteiger partial charge >= 0.3 is 0 Å². The Morgan fingerprint density at radius 3 is 2.48 bits per heavy atom. The molecule has 2 heterocycles. The zero-order valence-corrected chi connectivity index (χ0v) is 18.0. The number of carbonyl (C=O) groups is 1. The van der Waals surface area contributed by atoms with Crippen LogP contribution in [0.3, 0.4) is 0 Å². The molecule has 2 aromatic carbocycles. The molecule has 0 atom stereocenters. The van der Waals surface area contributed by atoms with E-state index < -0.39 is 0 Å². The van der Waals surface area contributed by atoms with Gasteiger partial charge in [-0.2, -0.15) is 0 Å². The van der Waals surface area contributed by atoms with Gasteiger partial charge in [-0.3, -0.25) is 14.2 Å². The molecule has 0 unspecified atom stereocenters. The molecule has 31 heavy (non-hydrogen) atoms. The fourth-order valence-corrected chi connectivity index (χ4v) is 3.80. The number of fused-ring (bicyclic) bond motifs is 1. The molecule has 0 saturated carbocycles. The number of ether oxygens (including phenoxy) is 1. The van der Waals surface area contributed by atoms with Crippen molar-refractivity contribution in [1.29, 1.82) is 0 Å². The predicted octanol–water partition coefficient (Wildman–Crippen LogP) is 4.20. The molecule has 0 spiro atoms. The van der Waals surface area contributed by atoms with Gasteiger partial charge in [0.15, 0.2) is 5.78 Å². The minimum atomic E-state index is -0.0698. The largest absolute Gasteiger partial charge is 0.493 e. The van der Waals surface area contributed by atoms with Gasteiger partial charge in [-0.05, 0) is 44.0 Å². The Kier molecular flexibility index (Phi) is 5.71. The zero-order chi connectivity index (χ0) is 22.0. The number of hydrogen-bond donors (Lipinski definition) is 0. The van der Waals surface area contributed by atoms with Crippen molar-refractivity contribution in [3.05, 3.63) is 93.7 Å². The number of aromatic nitrogens is 3. The number of benzene rings is 2. The van der Waals surface area contributed by atoms with E-state index in [0.717, 1.165) is 11.1 Å². The first-order chi connectivity index (χ1) is 15.0. The molecular weight excluding hydrogens is 390 g/mol. The highest BCUT2D eigenvalue weighted by Crippen LogP contribution is 2.22. The van der Waals surface area contributed by atoms with Crippen LogP contribution in [-0.4, -0.2) is 26.5 Å². The SMILES string of the molecule is CCOc1ccccc1C(=O)c1ccc(Cn2cc(C)c3c(=O)n(CC)cnc32)cc1. The lowest BCUT2D eigenvalue weighted by atomic mass is 10.0. The van der Waals surface area contributed by atoms with Gasteiger partial charge in [-0.15, -0.1) is 0 Å². The van der Waals surface area contributed by atoms with Gasteiger partial charge < -0.3 is 9.30 Å². The summed E-state index contributed by atoms with van der Waals surface area (Å²) in [4.78, 5) is 30.1. The van der Waals surface area contributed by atoms with E-state index in [1.54, 1.807) is 17.0 Å². The summed E-state index contributed by atoms with van der Waals surface area (Å²) in [6, 6.07) is 14.8. The average Bonchev–Trinajstić information content (AvgIpc) is 3.10. The summed E-state index contributed by atoms with van der Waals surface area (Å²) in [6.45, 7) is 7.42. The van der Waals surface area contributed by atoms with E-state index in [1.807, 2.05) is 74.0 Å². The monoisotopic (exact) mass is 415 g/mol. The molecular formula is C25H25N3O3. The zero-order valence-electron chi connectivity index (χ0n) is 18.0. The van der Waals surface area contributed by atoms with E-state index >= 15 is 0 Å². The highest BCUT2D eigenvalue weighted by molar-refractivity contribution is 6.10. The number of ketones is 1.